The van der Waals surface area contributed by atoms with Crippen LogP contribution in [0.3, 0.4) is 0 Å². The van der Waals surface area contributed by atoms with Gasteiger partial charge in [0.05, 0.1) is 22.3 Å². The number of pyridine rings is 1. The molecule has 0 bridgehead atoms. The predicted octanol–water partition coefficient (Wildman–Crippen LogP) is 4.34. The normalized spacial score (nSPS) is 17.8. The molecule has 2 aromatic heterocycles. The number of carbonyl (C=O) groups excluding carboxylic acids is 2. The van der Waals surface area contributed by atoms with E-state index in [1.165, 1.54) is 23.1 Å². The van der Waals surface area contributed by atoms with Gasteiger partial charge >= 0.3 is 5.91 Å². The van der Waals surface area contributed by atoms with Crippen LogP contribution in [0, 0.1) is 19.7 Å². The van der Waals surface area contributed by atoms with Crippen LogP contribution in [0.15, 0.2) is 66.4 Å². The van der Waals surface area contributed by atoms with Crippen molar-refractivity contribution >= 4 is 34.4 Å². The highest BCUT2D eigenvalue weighted by atomic mass is 19.1. The van der Waals surface area contributed by atoms with Gasteiger partial charge in [-0.25, -0.2) is 9.37 Å². The Morgan fingerprint density at radius 2 is 1.91 bits per heavy atom. The Balaban J connectivity index is 1.73. The summed E-state index contributed by atoms with van der Waals surface area (Å²) >= 11 is 0. The molecule has 33 heavy (non-hydrogen) atoms. The number of carbonyl (C=O) groups is 2. The topological polar surface area (TPSA) is 99.2 Å². The van der Waals surface area contributed by atoms with E-state index in [1.54, 1.807) is 31.3 Å². The maximum atomic E-state index is 13.8. The molecule has 0 aliphatic carbocycles. The number of nitrogens with zero attached hydrogens (tertiary/aromatic N) is 3. The molecule has 2 N–H and O–H groups in total. The lowest BCUT2D eigenvalue weighted by atomic mass is 9.97. The van der Waals surface area contributed by atoms with Crippen LogP contribution in [0.1, 0.15) is 28.4 Å². The number of amides is 1. The summed E-state index contributed by atoms with van der Waals surface area (Å²) in [6.07, 6.45) is 1.54. The first-order valence-corrected chi connectivity index (χ1v) is 10.3. The van der Waals surface area contributed by atoms with Crippen molar-refractivity contribution in [3.63, 3.8) is 0 Å². The van der Waals surface area contributed by atoms with Crippen molar-refractivity contribution in [3.05, 3.63) is 94.6 Å². The molecule has 4 aromatic rings. The Bertz CT molecular complexity index is 1460. The Hall–Kier alpha value is -4.33. The fourth-order valence-corrected chi connectivity index (χ4v) is 4.04. The summed E-state index contributed by atoms with van der Waals surface area (Å²) in [5, 5.41) is 11.1. The number of ketones is 1. The van der Waals surface area contributed by atoms with Gasteiger partial charge in [-0.05, 0) is 67.4 Å². The summed E-state index contributed by atoms with van der Waals surface area (Å²) < 4.78 is 13.8. The van der Waals surface area contributed by atoms with E-state index in [2.05, 4.69) is 15.0 Å². The summed E-state index contributed by atoms with van der Waals surface area (Å²) in [4.78, 5) is 39.5. The largest absolute Gasteiger partial charge is 0.507 e. The lowest BCUT2D eigenvalue weighted by Crippen LogP contribution is -2.30. The molecular formula is C25H19FN4O3. The number of aliphatic hydroxyl groups is 1. The summed E-state index contributed by atoms with van der Waals surface area (Å²) in [6.45, 7) is 3.49. The standard InChI is InChI=1S/C25H19FN4O3/c1-13-6-9-17-19(11-13)29-25(28-17)30-21(18-5-3-4-10-27-18)20(23(32)24(30)33)22(31)15-7-8-16(26)14(2)12-15/h3-12,21,31H,1-2H3,(H,28,29)/b22-20+. The monoisotopic (exact) mass is 442 g/mol. The van der Waals surface area contributed by atoms with E-state index in [0.29, 0.717) is 22.3 Å². The Morgan fingerprint density at radius 1 is 1.09 bits per heavy atom. The number of imidazole rings is 1. The van der Waals surface area contributed by atoms with Crippen molar-refractivity contribution in [1.82, 2.24) is 15.0 Å². The molecule has 1 saturated heterocycles. The molecule has 164 valence electrons. The number of hydrogen-bond donors (Lipinski definition) is 2. The molecule has 1 aliphatic rings. The van der Waals surface area contributed by atoms with Gasteiger partial charge in [0, 0.05) is 11.8 Å². The molecule has 1 aliphatic heterocycles. The van der Waals surface area contributed by atoms with E-state index >= 15 is 0 Å². The second-order valence-corrected chi connectivity index (χ2v) is 7.97. The summed E-state index contributed by atoms with van der Waals surface area (Å²) in [6, 6.07) is 13.7. The van der Waals surface area contributed by atoms with Gasteiger partial charge in [0.1, 0.15) is 17.6 Å². The Kier molecular flexibility index (Phi) is 4.78. The number of aromatic nitrogens is 3. The molecular weight excluding hydrogens is 423 g/mol. The molecule has 7 nitrogen and oxygen atoms in total. The predicted molar refractivity (Wildman–Crippen MR) is 121 cm³/mol. The average molecular weight is 442 g/mol. The highest BCUT2D eigenvalue weighted by molar-refractivity contribution is 6.51. The van der Waals surface area contributed by atoms with Crippen LogP contribution < -0.4 is 4.90 Å². The first-order valence-electron chi connectivity index (χ1n) is 10.3. The number of Topliss-reactive ketones (excluding diaryl/α,β-unsaturated/α-hetero) is 1. The second kappa shape index (κ2) is 7.67. The zero-order chi connectivity index (χ0) is 23.3. The quantitative estimate of drug-likeness (QED) is 0.279. The first kappa shape index (κ1) is 20.6. The zero-order valence-corrected chi connectivity index (χ0v) is 17.8. The molecule has 1 fully saturated rings. The Morgan fingerprint density at radius 3 is 2.64 bits per heavy atom. The van der Waals surface area contributed by atoms with Gasteiger partial charge in [-0.15, -0.1) is 0 Å². The van der Waals surface area contributed by atoms with E-state index in [0.717, 1.165) is 5.56 Å². The minimum Gasteiger partial charge on any atom is -0.507 e. The number of rotatable bonds is 3. The molecule has 5 rings (SSSR count). The third-order valence-electron chi connectivity index (χ3n) is 5.70. The molecule has 3 heterocycles. The fourth-order valence-electron chi connectivity index (χ4n) is 4.04. The molecule has 1 atom stereocenters. The highest BCUT2D eigenvalue weighted by Crippen LogP contribution is 2.41. The Labute approximate surface area is 188 Å². The highest BCUT2D eigenvalue weighted by Gasteiger charge is 2.48. The van der Waals surface area contributed by atoms with Crippen LogP contribution in [0.5, 0.6) is 0 Å². The minimum atomic E-state index is -1.02. The molecule has 0 saturated carbocycles. The van der Waals surface area contributed by atoms with Crippen LogP contribution in [0.2, 0.25) is 0 Å². The number of H-pyrrole nitrogens is 1. The minimum absolute atomic E-state index is 0.138. The second-order valence-electron chi connectivity index (χ2n) is 7.97. The number of anilines is 1. The average Bonchev–Trinajstić information content (AvgIpc) is 3.33. The first-order chi connectivity index (χ1) is 15.8. The van der Waals surface area contributed by atoms with Gasteiger partial charge in [0.15, 0.2) is 0 Å². The lowest BCUT2D eigenvalue weighted by Gasteiger charge is -2.22. The van der Waals surface area contributed by atoms with Gasteiger partial charge in [-0.2, -0.15) is 0 Å². The molecule has 8 heteroatoms. The number of fused-ring (bicyclic) bond motifs is 1. The van der Waals surface area contributed by atoms with Crippen LogP contribution >= 0.6 is 0 Å². The van der Waals surface area contributed by atoms with Crippen LogP contribution in [-0.4, -0.2) is 31.7 Å². The molecule has 1 unspecified atom stereocenters. The van der Waals surface area contributed by atoms with Crippen molar-refractivity contribution in [2.75, 3.05) is 4.90 Å². The summed E-state index contributed by atoms with van der Waals surface area (Å²) in [5.41, 5.74) is 3.12. The molecule has 0 spiro atoms. The van der Waals surface area contributed by atoms with Gasteiger partial charge in [-0.1, -0.05) is 12.1 Å². The van der Waals surface area contributed by atoms with Crippen molar-refractivity contribution in [1.29, 1.82) is 0 Å². The van der Waals surface area contributed by atoms with Crippen molar-refractivity contribution in [2.24, 2.45) is 0 Å². The van der Waals surface area contributed by atoms with Gasteiger partial charge in [0.25, 0.3) is 5.78 Å². The maximum absolute atomic E-state index is 13.8. The van der Waals surface area contributed by atoms with Gasteiger partial charge in [0.2, 0.25) is 5.95 Å². The number of aryl methyl sites for hydroxylation is 2. The van der Waals surface area contributed by atoms with E-state index in [4.69, 9.17) is 0 Å². The van der Waals surface area contributed by atoms with Crippen molar-refractivity contribution in [2.45, 2.75) is 19.9 Å². The van der Waals surface area contributed by atoms with E-state index < -0.39 is 29.3 Å². The van der Waals surface area contributed by atoms with Crippen LogP contribution in [0.4, 0.5) is 10.3 Å². The number of nitrogens with one attached hydrogen (secondary N) is 1. The third kappa shape index (κ3) is 3.36. The SMILES string of the molecule is Cc1ccc2nc(N3C(=O)C(=O)/C(=C(/O)c4ccc(F)c(C)c4)C3c3ccccn3)[nH]c2c1. The zero-order valence-electron chi connectivity index (χ0n) is 17.8. The van der Waals surface area contributed by atoms with Gasteiger partial charge in [-0.3, -0.25) is 19.5 Å². The van der Waals surface area contributed by atoms with E-state index in [1.807, 2.05) is 25.1 Å². The third-order valence-corrected chi connectivity index (χ3v) is 5.70. The lowest BCUT2D eigenvalue weighted by molar-refractivity contribution is -0.132. The van der Waals surface area contributed by atoms with Crippen LogP contribution in [0.25, 0.3) is 16.8 Å². The number of aromatic amines is 1. The summed E-state index contributed by atoms with van der Waals surface area (Å²) in [5.74, 6) is -2.39. The molecule has 2 aromatic carbocycles. The van der Waals surface area contributed by atoms with Gasteiger partial charge < -0.3 is 10.1 Å². The smallest absolute Gasteiger partial charge is 0.302 e. The fraction of sp³-hybridized carbons (Fsp3) is 0.120. The van der Waals surface area contributed by atoms with Crippen molar-refractivity contribution < 1.29 is 19.1 Å². The number of hydrogen-bond acceptors (Lipinski definition) is 5. The molecule has 1 amide bonds. The van der Waals surface area contributed by atoms with E-state index in [-0.39, 0.29) is 17.1 Å². The number of aliphatic hydroxyl groups excluding tert-OH is 1. The summed E-state index contributed by atoms with van der Waals surface area (Å²) in [7, 11) is 0. The molecule has 0 radical (unpaired) electrons. The number of halogens is 1. The maximum Gasteiger partial charge on any atom is 0.302 e. The van der Waals surface area contributed by atoms with Crippen LogP contribution in [-0.2, 0) is 9.59 Å². The number of benzene rings is 2. The van der Waals surface area contributed by atoms with E-state index in [9.17, 15) is 19.1 Å². The van der Waals surface area contributed by atoms with Crippen molar-refractivity contribution in [3.8, 4) is 0 Å².